The molecule has 0 radical (unpaired) electrons. The average molecular weight is 293 g/mol. The standard InChI is InChI=1S/C14H19N3S2/c1-4-12-5-7-13(8-6-12)9-16(3)10-17-14(18)19-11(2)15-17/h5-8H,4,9-10H2,1-3H3. The minimum absolute atomic E-state index is 0.735. The van der Waals surface area contributed by atoms with Crippen molar-refractivity contribution < 1.29 is 0 Å². The third kappa shape index (κ3) is 3.96. The lowest BCUT2D eigenvalue weighted by atomic mass is 10.1. The highest BCUT2D eigenvalue weighted by Crippen LogP contribution is 2.10. The van der Waals surface area contributed by atoms with Crippen molar-refractivity contribution in [2.75, 3.05) is 7.05 Å². The number of nitrogens with zero attached hydrogens (tertiary/aromatic N) is 3. The van der Waals surface area contributed by atoms with Crippen molar-refractivity contribution in [3.63, 3.8) is 0 Å². The Hall–Kier alpha value is -1.04. The van der Waals surface area contributed by atoms with Crippen molar-refractivity contribution in [3.05, 3.63) is 44.4 Å². The molecule has 2 aromatic rings. The minimum Gasteiger partial charge on any atom is -0.283 e. The molecule has 19 heavy (non-hydrogen) atoms. The van der Waals surface area contributed by atoms with Gasteiger partial charge in [0.05, 0.1) is 6.67 Å². The zero-order chi connectivity index (χ0) is 13.8. The molecule has 0 fully saturated rings. The average Bonchev–Trinajstić information content (AvgIpc) is 2.68. The first-order valence-electron chi connectivity index (χ1n) is 6.39. The van der Waals surface area contributed by atoms with Crippen LogP contribution in [0, 0.1) is 10.9 Å². The van der Waals surface area contributed by atoms with Crippen LogP contribution >= 0.6 is 23.6 Å². The van der Waals surface area contributed by atoms with Crippen LogP contribution in [-0.2, 0) is 19.6 Å². The molecule has 0 bridgehead atoms. The number of benzene rings is 1. The first-order chi connectivity index (χ1) is 9.08. The van der Waals surface area contributed by atoms with Gasteiger partial charge < -0.3 is 0 Å². The molecule has 3 nitrogen and oxygen atoms in total. The van der Waals surface area contributed by atoms with E-state index in [1.54, 1.807) is 11.3 Å². The molecule has 0 amide bonds. The molecular formula is C14H19N3S2. The molecule has 1 heterocycles. The SMILES string of the molecule is CCc1ccc(CN(C)Cn2nc(C)sc2=S)cc1. The molecule has 0 spiro atoms. The van der Waals surface area contributed by atoms with E-state index < -0.39 is 0 Å². The maximum atomic E-state index is 5.28. The molecule has 0 saturated carbocycles. The van der Waals surface area contributed by atoms with Crippen LogP contribution in [0.5, 0.6) is 0 Å². The van der Waals surface area contributed by atoms with Crippen molar-refractivity contribution in [2.45, 2.75) is 33.5 Å². The van der Waals surface area contributed by atoms with Crippen LogP contribution in [0.2, 0.25) is 0 Å². The Labute approximate surface area is 123 Å². The lowest BCUT2D eigenvalue weighted by Crippen LogP contribution is -2.22. The molecule has 5 heteroatoms. The van der Waals surface area contributed by atoms with Gasteiger partial charge in [0.25, 0.3) is 0 Å². The molecule has 102 valence electrons. The van der Waals surface area contributed by atoms with E-state index in [4.69, 9.17) is 12.2 Å². The predicted octanol–water partition coefficient (Wildman–Crippen LogP) is 3.63. The molecular weight excluding hydrogens is 274 g/mol. The van der Waals surface area contributed by atoms with Crippen LogP contribution < -0.4 is 0 Å². The summed E-state index contributed by atoms with van der Waals surface area (Å²) in [5.74, 6) is 0. The van der Waals surface area contributed by atoms with Crippen LogP contribution in [-0.4, -0.2) is 21.7 Å². The van der Waals surface area contributed by atoms with E-state index in [9.17, 15) is 0 Å². The second-order valence-electron chi connectivity index (χ2n) is 4.71. The van der Waals surface area contributed by atoms with E-state index in [2.05, 4.69) is 48.2 Å². The van der Waals surface area contributed by atoms with Gasteiger partial charge in [0.15, 0.2) is 3.95 Å². The largest absolute Gasteiger partial charge is 0.283 e. The quantitative estimate of drug-likeness (QED) is 0.785. The fraction of sp³-hybridized carbons (Fsp3) is 0.429. The van der Waals surface area contributed by atoms with Crippen LogP contribution in [0.25, 0.3) is 0 Å². The Morgan fingerprint density at radius 1 is 1.26 bits per heavy atom. The van der Waals surface area contributed by atoms with Crippen molar-refractivity contribution in [3.8, 4) is 0 Å². The van der Waals surface area contributed by atoms with Crippen molar-refractivity contribution >= 4 is 23.6 Å². The number of hydrogen-bond donors (Lipinski definition) is 0. The number of aromatic nitrogens is 2. The highest BCUT2D eigenvalue weighted by Gasteiger charge is 2.04. The van der Waals surface area contributed by atoms with Gasteiger partial charge in [0.2, 0.25) is 0 Å². The third-order valence-electron chi connectivity index (χ3n) is 2.97. The van der Waals surface area contributed by atoms with E-state index in [0.29, 0.717) is 0 Å². The summed E-state index contributed by atoms with van der Waals surface area (Å²) in [4.78, 5) is 2.22. The van der Waals surface area contributed by atoms with Crippen molar-refractivity contribution in [1.82, 2.24) is 14.7 Å². The Morgan fingerprint density at radius 3 is 2.42 bits per heavy atom. The zero-order valence-electron chi connectivity index (χ0n) is 11.6. The van der Waals surface area contributed by atoms with Gasteiger partial charge in [0.1, 0.15) is 5.01 Å². The molecule has 1 aromatic carbocycles. The van der Waals surface area contributed by atoms with Gasteiger partial charge in [-0.3, -0.25) is 4.90 Å². The summed E-state index contributed by atoms with van der Waals surface area (Å²) in [5.41, 5.74) is 2.70. The third-order valence-corrected chi connectivity index (χ3v) is 4.19. The van der Waals surface area contributed by atoms with Gasteiger partial charge in [-0.25, -0.2) is 4.68 Å². The Morgan fingerprint density at radius 2 is 1.89 bits per heavy atom. The van der Waals surface area contributed by atoms with Gasteiger partial charge in [-0.15, -0.1) is 0 Å². The molecule has 0 atom stereocenters. The smallest absolute Gasteiger partial charge is 0.180 e. The monoisotopic (exact) mass is 293 g/mol. The summed E-state index contributed by atoms with van der Waals surface area (Å²) >= 11 is 6.84. The molecule has 0 unspecified atom stereocenters. The Bertz CT molecular complexity index is 583. The van der Waals surface area contributed by atoms with E-state index in [1.807, 2.05) is 11.6 Å². The number of aryl methyl sites for hydroxylation is 2. The van der Waals surface area contributed by atoms with E-state index in [0.717, 1.165) is 28.6 Å². The lowest BCUT2D eigenvalue weighted by Gasteiger charge is -2.16. The second kappa shape index (κ2) is 6.41. The van der Waals surface area contributed by atoms with Crippen LogP contribution in [0.3, 0.4) is 0 Å². The topological polar surface area (TPSA) is 21.1 Å². The number of rotatable bonds is 5. The Kier molecular flexibility index (Phi) is 4.85. The highest BCUT2D eigenvalue weighted by atomic mass is 32.1. The zero-order valence-corrected chi connectivity index (χ0v) is 13.2. The molecule has 0 saturated heterocycles. The van der Waals surface area contributed by atoms with Gasteiger partial charge in [-0.2, -0.15) is 5.10 Å². The molecule has 1 aromatic heterocycles. The van der Waals surface area contributed by atoms with E-state index in [-0.39, 0.29) is 0 Å². The molecule has 0 aliphatic rings. The summed E-state index contributed by atoms with van der Waals surface area (Å²) in [6.07, 6.45) is 1.09. The summed E-state index contributed by atoms with van der Waals surface area (Å²) in [6, 6.07) is 8.78. The summed E-state index contributed by atoms with van der Waals surface area (Å²) in [5, 5.41) is 5.43. The summed E-state index contributed by atoms with van der Waals surface area (Å²) < 4.78 is 2.72. The van der Waals surface area contributed by atoms with Crippen molar-refractivity contribution in [1.29, 1.82) is 0 Å². The van der Waals surface area contributed by atoms with Crippen LogP contribution in [0.4, 0.5) is 0 Å². The predicted molar refractivity (Wildman–Crippen MR) is 83.0 cm³/mol. The fourth-order valence-corrected chi connectivity index (χ4v) is 3.03. The lowest BCUT2D eigenvalue weighted by molar-refractivity contribution is 0.245. The first kappa shape index (κ1) is 14.4. The van der Waals surface area contributed by atoms with E-state index >= 15 is 0 Å². The van der Waals surface area contributed by atoms with Gasteiger partial charge >= 0.3 is 0 Å². The summed E-state index contributed by atoms with van der Waals surface area (Å²) in [6.45, 7) is 5.80. The maximum absolute atomic E-state index is 5.28. The maximum Gasteiger partial charge on any atom is 0.180 e. The van der Waals surface area contributed by atoms with Gasteiger partial charge in [-0.1, -0.05) is 42.5 Å². The molecule has 0 aliphatic heterocycles. The Balaban J connectivity index is 1.98. The van der Waals surface area contributed by atoms with E-state index in [1.165, 1.54) is 11.1 Å². The number of hydrogen-bond acceptors (Lipinski definition) is 4. The molecule has 0 N–H and O–H groups in total. The molecule has 0 aliphatic carbocycles. The minimum atomic E-state index is 0.735. The van der Waals surface area contributed by atoms with Gasteiger partial charge in [-0.05, 0) is 43.7 Å². The fourth-order valence-electron chi connectivity index (χ4n) is 1.97. The second-order valence-corrected chi connectivity index (χ2v) is 6.54. The highest BCUT2D eigenvalue weighted by molar-refractivity contribution is 7.73. The van der Waals surface area contributed by atoms with Crippen molar-refractivity contribution in [2.24, 2.45) is 0 Å². The van der Waals surface area contributed by atoms with Crippen LogP contribution in [0.1, 0.15) is 23.1 Å². The molecule has 2 rings (SSSR count). The van der Waals surface area contributed by atoms with Crippen LogP contribution in [0.15, 0.2) is 24.3 Å². The van der Waals surface area contributed by atoms with Gasteiger partial charge in [0, 0.05) is 6.54 Å². The summed E-state index contributed by atoms with van der Waals surface area (Å²) in [7, 11) is 2.09. The normalized spacial score (nSPS) is 11.2. The first-order valence-corrected chi connectivity index (χ1v) is 7.62.